The Balaban J connectivity index is 2.18. The van der Waals surface area contributed by atoms with Crippen LogP contribution >= 0.6 is 0 Å². The van der Waals surface area contributed by atoms with Crippen LogP contribution in [0, 0.1) is 0 Å². The Morgan fingerprint density at radius 2 is 1.57 bits per heavy atom. The largest absolute Gasteiger partial charge is 0.478 e. The van der Waals surface area contributed by atoms with Crippen LogP contribution < -0.4 is 0 Å². The van der Waals surface area contributed by atoms with Gasteiger partial charge in [0.15, 0.2) is 5.78 Å². The first-order chi connectivity index (χ1) is 10.1. The first kappa shape index (κ1) is 14.7. The molecule has 0 radical (unpaired) electrons. The van der Waals surface area contributed by atoms with Crippen LogP contribution in [0.4, 0.5) is 0 Å². The summed E-state index contributed by atoms with van der Waals surface area (Å²) in [5.41, 5.74) is 0.774. The number of ketones is 1. The summed E-state index contributed by atoms with van der Waals surface area (Å²) in [6, 6.07) is 14.8. The van der Waals surface area contributed by atoms with Crippen LogP contribution in [0.2, 0.25) is 0 Å². The Bertz CT molecular complexity index is 674. The molecule has 0 aliphatic rings. The molecule has 0 saturated heterocycles. The molecule has 2 aromatic rings. The minimum Gasteiger partial charge on any atom is -0.478 e. The molecule has 21 heavy (non-hydrogen) atoms. The number of carbonyl (C=O) groups excluding carboxylic acids is 1. The number of hydrogen-bond donors (Lipinski definition) is 2. The minimum atomic E-state index is -1.15. The lowest BCUT2D eigenvalue weighted by Crippen LogP contribution is -2.06. The summed E-state index contributed by atoms with van der Waals surface area (Å²) in [4.78, 5) is 23.0. The number of allylic oxidation sites excluding steroid dienone is 1. The Labute approximate surface area is 122 Å². The van der Waals surface area contributed by atoms with Gasteiger partial charge in [-0.3, -0.25) is 4.79 Å². The normalized spacial score (nSPS) is 12.2. The van der Waals surface area contributed by atoms with E-state index in [9.17, 15) is 14.7 Å². The fourth-order valence-corrected chi connectivity index (χ4v) is 1.93. The van der Waals surface area contributed by atoms with E-state index in [1.54, 1.807) is 42.5 Å². The zero-order chi connectivity index (χ0) is 15.2. The van der Waals surface area contributed by atoms with Gasteiger partial charge in [0.25, 0.3) is 0 Å². The number of benzene rings is 2. The minimum absolute atomic E-state index is 0.0156. The third-order valence-electron chi connectivity index (χ3n) is 3.00. The molecular formula is C17H14O4. The average Bonchev–Trinajstić information content (AvgIpc) is 2.53. The van der Waals surface area contributed by atoms with E-state index in [1.165, 1.54) is 24.3 Å². The van der Waals surface area contributed by atoms with Crippen molar-refractivity contribution in [3.63, 3.8) is 0 Å². The molecule has 106 valence electrons. The van der Waals surface area contributed by atoms with E-state index < -0.39 is 12.1 Å². The zero-order valence-corrected chi connectivity index (χ0v) is 11.1. The van der Waals surface area contributed by atoms with Crippen LogP contribution in [-0.2, 0) is 0 Å². The Morgan fingerprint density at radius 3 is 2.24 bits per heavy atom. The van der Waals surface area contributed by atoms with E-state index in [-0.39, 0.29) is 16.9 Å². The second kappa shape index (κ2) is 6.63. The van der Waals surface area contributed by atoms with Crippen molar-refractivity contribution in [3.8, 4) is 0 Å². The van der Waals surface area contributed by atoms with Crippen molar-refractivity contribution < 1.29 is 19.8 Å². The van der Waals surface area contributed by atoms with Crippen LogP contribution in [0.1, 0.15) is 32.4 Å². The maximum atomic E-state index is 11.9. The molecule has 0 heterocycles. The lowest BCUT2D eigenvalue weighted by atomic mass is 10.0. The summed E-state index contributed by atoms with van der Waals surface area (Å²) >= 11 is 0. The van der Waals surface area contributed by atoms with Gasteiger partial charge in [-0.25, -0.2) is 4.79 Å². The van der Waals surface area contributed by atoms with Gasteiger partial charge in [-0.15, -0.1) is 0 Å². The number of aromatic carboxylic acids is 1. The van der Waals surface area contributed by atoms with Gasteiger partial charge >= 0.3 is 5.97 Å². The van der Waals surface area contributed by atoms with Gasteiger partial charge in [0.2, 0.25) is 0 Å². The molecule has 0 aliphatic carbocycles. The molecule has 4 nitrogen and oxygen atoms in total. The van der Waals surface area contributed by atoms with E-state index in [0.717, 1.165) is 0 Å². The quantitative estimate of drug-likeness (QED) is 0.653. The molecule has 1 atom stereocenters. The van der Waals surface area contributed by atoms with Gasteiger partial charge in [-0.1, -0.05) is 48.5 Å². The van der Waals surface area contributed by atoms with Gasteiger partial charge in [0.05, 0.1) is 11.7 Å². The molecule has 0 saturated carbocycles. The van der Waals surface area contributed by atoms with Crippen molar-refractivity contribution in [3.05, 3.63) is 83.4 Å². The molecular weight excluding hydrogens is 268 g/mol. The fraction of sp³-hybridized carbons (Fsp3) is 0.0588. The number of carboxylic acids is 1. The number of aliphatic hydroxyl groups is 1. The summed E-state index contributed by atoms with van der Waals surface area (Å²) < 4.78 is 0. The number of aliphatic hydroxyl groups excluding tert-OH is 1. The highest BCUT2D eigenvalue weighted by molar-refractivity contribution is 6.04. The van der Waals surface area contributed by atoms with E-state index >= 15 is 0 Å². The van der Waals surface area contributed by atoms with Crippen molar-refractivity contribution in [2.24, 2.45) is 0 Å². The first-order valence-corrected chi connectivity index (χ1v) is 6.37. The molecule has 2 N–H and O–H groups in total. The number of carbonyl (C=O) groups is 2. The Kier molecular flexibility index (Phi) is 4.64. The predicted octanol–water partition coefficient (Wildman–Crippen LogP) is 2.86. The van der Waals surface area contributed by atoms with Gasteiger partial charge < -0.3 is 10.2 Å². The van der Waals surface area contributed by atoms with Crippen LogP contribution in [0.15, 0.2) is 66.7 Å². The number of carboxylic acid groups (broad SMARTS) is 1. The fourth-order valence-electron chi connectivity index (χ4n) is 1.93. The maximum absolute atomic E-state index is 11.9. The molecule has 4 heteroatoms. The molecule has 0 fully saturated rings. The summed E-state index contributed by atoms with van der Waals surface area (Å²) in [6.07, 6.45) is 1.39. The maximum Gasteiger partial charge on any atom is 0.336 e. The van der Waals surface area contributed by atoms with Crippen molar-refractivity contribution in [2.75, 3.05) is 0 Å². The molecule has 0 aromatic heterocycles. The van der Waals surface area contributed by atoms with Gasteiger partial charge in [0.1, 0.15) is 0 Å². The summed E-state index contributed by atoms with van der Waals surface area (Å²) in [7, 11) is 0. The smallest absolute Gasteiger partial charge is 0.336 e. The van der Waals surface area contributed by atoms with Gasteiger partial charge in [-0.05, 0) is 23.8 Å². The summed E-state index contributed by atoms with van der Waals surface area (Å²) in [5.74, 6) is -1.37. The van der Waals surface area contributed by atoms with Crippen molar-refractivity contribution >= 4 is 11.8 Å². The van der Waals surface area contributed by atoms with E-state index in [2.05, 4.69) is 0 Å². The van der Waals surface area contributed by atoms with Crippen LogP contribution in [0.25, 0.3) is 0 Å². The highest BCUT2D eigenvalue weighted by atomic mass is 16.4. The molecule has 0 aliphatic heterocycles. The first-order valence-electron chi connectivity index (χ1n) is 6.37. The average molecular weight is 282 g/mol. The third-order valence-corrected chi connectivity index (χ3v) is 3.00. The van der Waals surface area contributed by atoms with E-state index in [4.69, 9.17) is 5.11 Å². The third kappa shape index (κ3) is 3.64. The highest BCUT2D eigenvalue weighted by Crippen LogP contribution is 2.19. The Hall–Kier alpha value is -2.72. The van der Waals surface area contributed by atoms with Crippen LogP contribution in [0.5, 0.6) is 0 Å². The van der Waals surface area contributed by atoms with Gasteiger partial charge in [-0.2, -0.15) is 0 Å². The standard InChI is InChI=1S/C17H14O4/c18-15(12-6-2-1-3-7-12)10-11-16(19)13-8-4-5-9-14(13)17(20)21/h1-11,16,19H,(H,20,21)/b11-10+. The highest BCUT2D eigenvalue weighted by Gasteiger charge is 2.14. The lowest BCUT2D eigenvalue weighted by molar-refractivity contribution is 0.0691. The van der Waals surface area contributed by atoms with Gasteiger partial charge in [0, 0.05) is 5.56 Å². The Morgan fingerprint density at radius 1 is 0.952 bits per heavy atom. The van der Waals surface area contributed by atoms with E-state index in [0.29, 0.717) is 5.56 Å². The van der Waals surface area contributed by atoms with E-state index in [1.807, 2.05) is 0 Å². The second-order valence-corrected chi connectivity index (χ2v) is 4.43. The molecule has 2 aromatic carbocycles. The van der Waals surface area contributed by atoms with Crippen LogP contribution in [-0.4, -0.2) is 22.0 Å². The lowest BCUT2D eigenvalue weighted by Gasteiger charge is -2.09. The predicted molar refractivity (Wildman–Crippen MR) is 78.3 cm³/mol. The monoisotopic (exact) mass is 282 g/mol. The van der Waals surface area contributed by atoms with Crippen molar-refractivity contribution in [2.45, 2.75) is 6.10 Å². The summed E-state index contributed by atoms with van der Waals surface area (Å²) in [6.45, 7) is 0. The molecule has 0 spiro atoms. The molecule has 2 rings (SSSR count). The van der Waals surface area contributed by atoms with Crippen molar-refractivity contribution in [1.29, 1.82) is 0 Å². The SMILES string of the molecule is O=C(/C=C/C(O)c1ccccc1C(=O)O)c1ccccc1. The number of rotatable bonds is 5. The second-order valence-electron chi connectivity index (χ2n) is 4.43. The zero-order valence-electron chi connectivity index (χ0n) is 11.1. The molecule has 0 bridgehead atoms. The molecule has 0 amide bonds. The molecule has 1 unspecified atom stereocenters. The topological polar surface area (TPSA) is 74.6 Å². The summed E-state index contributed by atoms with van der Waals surface area (Å²) in [5, 5.41) is 19.1. The van der Waals surface area contributed by atoms with Crippen LogP contribution in [0.3, 0.4) is 0 Å². The van der Waals surface area contributed by atoms with Crippen molar-refractivity contribution in [1.82, 2.24) is 0 Å². The number of hydrogen-bond acceptors (Lipinski definition) is 3.